The van der Waals surface area contributed by atoms with Gasteiger partial charge < -0.3 is 0 Å². The lowest BCUT2D eigenvalue weighted by molar-refractivity contribution is 0.618. The Kier molecular flexibility index (Phi) is 3.14. The average molecular weight is 253 g/mol. The second kappa shape index (κ2) is 4.27. The average Bonchev–Trinajstić information content (AvgIpc) is 2.14. The summed E-state index contributed by atoms with van der Waals surface area (Å²) in [6.07, 6.45) is 7.64. The van der Waals surface area contributed by atoms with Crippen LogP contribution in [0.5, 0.6) is 0 Å². The number of hydrogen-bond donors (Lipinski definition) is 0. The molecule has 1 aromatic carbocycles. The van der Waals surface area contributed by atoms with Crippen molar-refractivity contribution >= 4 is 28.8 Å². The van der Waals surface area contributed by atoms with Crippen molar-refractivity contribution in [3.05, 3.63) is 52.0 Å². The summed E-state index contributed by atoms with van der Waals surface area (Å²) in [5.74, 6) is 0. The van der Waals surface area contributed by atoms with E-state index in [9.17, 15) is 0 Å². The first-order chi connectivity index (χ1) is 7.46. The van der Waals surface area contributed by atoms with E-state index in [-0.39, 0.29) is 5.41 Å². The van der Waals surface area contributed by atoms with E-state index in [1.807, 2.05) is 12.1 Å². The smallest absolute Gasteiger partial charge is 0.0426 e. The van der Waals surface area contributed by atoms with E-state index in [4.69, 9.17) is 23.2 Å². The van der Waals surface area contributed by atoms with Gasteiger partial charge in [0.05, 0.1) is 0 Å². The molecule has 0 nitrogen and oxygen atoms in total. The van der Waals surface area contributed by atoms with Gasteiger partial charge in [-0.25, -0.2) is 0 Å². The van der Waals surface area contributed by atoms with Crippen LogP contribution < -0.4 is 0 Å². The maximum Gasteiger partial charge on any atom is 0.0426 e. The van der Waals surface area contributed by atoms with Gasteiger partial charge in [0.1, 0.15) is 0 Å². The molecule has 0 fully saturated rings. The first-order valence-electron chi connectivity index (χ1n) is 5.32. The van der Waals surface area contributed by atoms with Gasteiger partial charge in [-0.3, -0.25) is 0 Å². The minimum absolute atomic E-state index is 0.113. The summed E-state index contributed by atoms with van der Waals surface area (Å²) in [7, 11) is 0. The molecular weight excluding hydrogens is 239 g/mol. The molecule has 2 rings (SSSR count). The second-order valence-electron chi connectivity index (χ2n) is 4.76. The highest BCUT2D eigenvalue weighted by Gasteiger charge is 2.16. The molecule has 0 aromatic heterocycles. The molecule has 84 valence electrons. The molecule has 1 aromatic rings. The van der Waals surface area contributed by atoms with Crippen LogP contribution in [-0.4, -0.2) is 0 Å². The molecule has 0 spiro atoms. The van der Waals surface area contributed by atoms with E-state index in [1.54, 1.807) is 6.07 Å². The minimum atomic E-state index is 0.113. The number of benzene rings is 1. The first-order valence-corrected chi connectivity index (χ1v) is 6.08. The number of halogens is 2. The molecule has 0 saturated carbocycles. The van der Waals surface area contributed by atoms with Crippen molar-refractivity contribution in [2.24, 2.45) is 5.41 Å². The molecule has 0 radical (unpaired) electrons. The molecule has 1 aliphatic rings. The van der Waals surface area contributed by atoms with Crippen molar-refractivity contribution in [3.63, 3.8) is 0 Å². The van der Waals surface area contributed by atoms with E-state index in [2.05, 4.69) is 32.1 Å². The van der Waals surface area contributed by atoms with Crippen LogP contribution >= 0.6 is 23.2 Å². The van der Waals surface area contributed by atoms with Crippen LogP contribution in [0.25, 0.3) is 5.57 Å². The van der Waals surface area contributed by atoms with E-state index in [0.717, 1.165) is 12.0 Å². The maximum atomic E-state index is 6.01. The Hall–Kier alpha value is -0.720. The van der Waals surface area contributed by atoms with Crippen LogP contribution in [0.3, 0.4) is 0 Å². The third-order valence-corrected chi connectivity index (χ3v) is 3.10. The second-order valence-corrected chi connectivity index (χ2v) is 5.63. The zero-order valence-electron chi connectivity index (χ0n) is 9.43. The summed E-state index contributed by atoms with van der Waals surface area (Å²) in [6, 6.07) is 5.69. The van der Waals surface area contributed by atoms with Crippen LogP contribution in [0.15, 0.2) is 36.4 Å². The number of rotatable bonds is 1. The monoisotopic (exact) mass is 252 g/mol. The third kappa shape index (κ3) is 2.69. The fraction of sp³-hybridized carbons (Fsp3) is 0.286. The fourth-order valence-corrected chi connectivity index (χ4v) is 2.51. The van der Waals surface area contributed by atoms with Crippen molar-refractivity contribution in [1.29, 1.82) is 0 Å². The standard InChI is InChI=1S/C14H14Cl2/c1-14(2)5-3-4-10(9-14)11-6-12(15)8-13(16)7-11/h3,5-9H,4H2,1-2H3. The lowest BCUT2D eigenvalue weighted by atomic mass is 9.83. The molecular formula is C14H14Cl2. The van der Waals surface area contributed by atoms with Gasteiger partial charge in [0.2, 0.25) is 0 Å². The topological polar surface area (TPSA) is 0 Å². The number of hydrogen-bond acceptors (Lipinski definition) is 0. The zero-order valence-corrected chi connectivity index (χ0v) is 10.9. The summed E-state index contributed by atoms with van der Waals surface area (Å²) >= 11 is 12.0. The summed E-state index contributed by atoms with van der Waals surface area (Å²) in [5, 5.41) is 1.38. The largest absolute Gasteiger partial charge is 0.0843 e. The molecule has 0 aliphatic heterocycles. The van der Waals surface area contributed by atoms with Crippen LogP contribution in [-0.2, 0) is 0 Å². The van der Waals surface area contributed by atoms with Gasteiger partial charge in [0.25, 0.3) is 0 Å². The molecule has 16 heavy (non-hydrogen) atoms. The van der Waals surface area contributed by atoms with Gasteiger partial charge in [-0.15, -0.1) is 0 Å². The van der Waals surface area contributed by atoms with Crippen molar-refractivity contribution in [3.8, 4) is 0 Å². The SMILES string of the molecule is CC1(C)C=CCC(c2cc(Cl)cc(Cl)c2)=C1. The summed E-state index contributed by atoms with van der Waals surface area (Å²) < 4.78 is 0. The fourth-order valence-electron chi connectivity index (χ4n) is 1.99. The Morgan fingerprint density at radius 2 is 1.69 bits per heavy atom. The zero-order chi connectivity index (χ0) is 11.8. The maximum absolute atomic E-state index is 6.01. The Morgan fingerprint density at radius 1 is 1.06 bits per heavy atom. The molecule has 0 bridgehead atoms. The highest BCUT2D eigenvalue weighted by molar-refractivity contribution is 6.34. The molecule has 1 aliphatic carbocycles. The van der Waals surface area contributed by atoms with E-state index in [1.165, 1.54) is 5.57 Å². The van der Waals surface area contributed by atoms with Gasteiger partial charge in [-0.05, 0) is 35.8 Å². The van der Waals surface area contributed by atoms with Crippen molar-refractivity contribution < 1.29 is 0 Å². The van der Waals surface area contributed by atoms with Gasteiger partial charge in [-0.2, -0.15) is 0 Å². The molecule has 0 unspecified atom stereocenters. The lowest BCUT2D eigenvalue weighted by Gasteiger charge is -2.22. The molecule has 2 heteroatoms. The van der Waals surface area contributed by atoms with Crippen LogP contribution in [0, 0.1) is 5.41 Å². The molecule has 0 amide bonds. The lowest BCUT2D eigenvalue weighted by Crippen LogP contribution is -2.07. The van der Waals surface area contributed by atoms with Crippen molar-refractivity contribution in [2.45, 2.75) is 20.3 Å². The van der Waals surface area contributed by atoms with Crippen LogP contribution in [0.4, 0.5) is 0 Å². The van der Waals surface area contributed by atoms with Crippen LogP contribution in [0.2, 0.25) is 10.0 Å². The summed E-state index contributed by atoms with van der Waals surface area (Å²) in [4.78, 5) is 0. The quantitative estimate of drug-likeness (QED) is 0.591. The van der Waals surface area contributed by atoms with Gasteiger partial charge in [0, 0.05) is 15.5 Å². The minimum Gasteiger partial charge on any atom is -0.0843 e. The predicted molar refractivity (Wildman–Crippen MR) is 72.0 cm³/mol. The van der Waals surface area contributed by atoms with E-state index in [0.29, 0.717) is 10.0 Å². The summed E-state index contributed by atoms with van der Waals surface area (Å²) in [5.41, 5.74) is 2.52. The third-order valence-electron chi connectivity index (χ3n) is 2.66. The normalized spacial score (nSPS) is 18.4. The van der Waals surface area contributed by atoms with E-state index >= 15 is 0 Å². The van der Waals surface area contributed by atoms with Crippen molar-refractivity contribution in [2.75, 3.05) is 0 Å². The highest BCUT2D eigenvalue weighted by atomic mass is 35.5. The van der Waals surface area contributed by atoms with E-state index < -0.39 is 0 Å². The molecule has 0 heterocycles. The van der Waals surface area contributed by atoms with Gasteiger partial charge in [0.15, 0.2) is 0 Å². The van der Waals surface area contributed by atoms with Crippen molar-refractivity contribution in [1.82, 2.24) is 0 Å². The summed E-state index contributed by atoms with van der Waals surface area (Å²) in [6.45, 7) is 4.38. The van der Waals surface area contributed by atoms with Crippen LogP contribution in [0.1, 0.15) is 25.8 Å². The highest BCUT2D eigenvalue weighted by Crippen LogP contribution is 2.34. The molecule has 0 N–H and O–H groups in total. The first kappa shape index (κ1) is 11.8. The van der Waals surface area contributed by atoms with Gasteiger partial charge >= 0.3 is 0 Å². The Labute approximate surface area is 107 Å². The Balaban J connectivity index is 2.42. The molecule has 0 saturated heterocycles. The van der Waals surface area contributed by atoms with Gasteiger partial charge in [-0.1, -0.05) is 55.3 Å². The molecule has 0 atom stereocenters. The predicted octanol–water partition coefficient (Wildman–Crippen LogP) is 5.36. The number of allylic oxidation sites excluding steroid dienone is 4. The Bertz CT molecular complexity index is 447. The Morgan fingerprint density at radius 3 is 2.25 bits per heavy atom.